The fourth-order valence-corrected chi connectivity index (χ4v) is 4.44. The molecule has 0 saturated carbocycles. The van der Waals surface area contributed by atoms with Gasteiger partial charge in [0.15, 0.2) is 0 Å². The van der Waals surface area contributed by atoms with Crippen LogP contribution in [-0.4, -0.2) is 92.6 Å². The molecule has 2 atom stereocenters. The van der Waals surface area contributed by atoms with Crippen LogP contribution in [0.4, 0.5) is 0 Å². The molecular weight excluding hydrogens is 394 g/mol. The summed E-state index contributed by atoms with van der Waals surface area (Å²) in [6.45, 7) is 4.87. The first kappa shape index (κ1) is 25.8. The lowest BCUT2D eigenvalue weighted by molar-refractivity contribution is -0.123. The summed E-state index contributed by atoms with van der Waals surface area (Å²) in [5, 5.41) is 43.7. The van der Waals surface area contributed by atoms with E-state index in [0.29, 0.717) is 23.8 Å². The number of hydrogen-bond donors (Lipinski definition) is 5. The Hall–Kier alpha value is -2.27. The molecule has 2 aliphatic rings. The van der Waals surface area contributed by atoms with E-state index >= 15 is 0 Å². The molecule has 0 amide bonds. The van der Waals surface area contributed by atoms with Crippen molar-refractivity contribution in [2.45, 2.75) is 45.4 Å². The fraction of sp³-hybridized carbons (Fsp3) is 0.650. The SMILES string of the molecule is Cc1ncc(CO)c(CN2CC[C@@]3(CO)CCCN(C)[C@@H]3C2)c1O.O=CO.O=CO. The molecule has 170 valence electrons. The van der Waals surface area contributed by atoms with E-state index in [4.69, 9.17) is 19.8 Å². The number of fused-ring (bicyclic) bond motifs is 1. The van der Waals surface area contributed by atoms with Crippen LogP contribution < -0.4 is 0 Å². The number of nitrogens with zero attached hydrogens (tertiary/aromatic N) is 3. The van der Waals surface area contributed by atoms with Gasteiger partial charge in [-0.1, -0.05) is 0 Å². The van der Waals surface area contributed by atoms with Gasteiger partial charge in [0, 0.05) is 41.9 Å². The molecule has 1 aromatic rings. The average Bonchev–Trinajstić information content (AvgIpc) is 2.73. The van der Waals surface area contributed by atoms with Crippen LogP contribution in [0, 0.1) is 12.3 Å². The summed E-state index contributed by atoms with van der Waals surface area (Å²) < 4.78 is 0. The van der Waals surface area contributed by atoms with Crippen molar-refractivity contribution in [2.24, 2.45) is 5.41 Å². The van der Waals surface area contributed by atoms with Crippen LogP contribution in [0.1, 0.15) is 36.1 Å². The number of carbonyl (C=O) groups is 2. The van der Waals surface area contributed by atoms with Crippen molar-refractivity contribution in [1.29, 1.82) is 0 Å². The molecule has 10 heteroatoms. The van der Waals surface area contributed by atoms with E-state index in [1.807, 2.05) is 0 Å². The highest BCUT2D eigenvalue weighted by molar-refractivity contribution is 5.40. The molecule has 0 aliphatic carbocycles. The largest absolute Gasteiger partial charge is 0.506 e. The van der Waals surface area contributed by atoms with Gasteiger partial charge in [0.1, 0.15) is 5.75 Å². The zero-order valence-electron chi connectivity index (χ0n) is 17.6. The quantitative estimate of drug-likeness (QED) is 0.423. The zero-order chi connectivity index (χ0) is 22.7. The number of piperidine rings is 2. The predicted octanol–water partition coefficient (Wildman–Crippen LogP) is 0.268. The normalized spacial score (nSPS) is 23.8. The van der Waals surface area contributed by atoms with Gasteiger partial charge in [0.2, 0.25) is 0 Å². The monoisotopic (exact) mass is 427 g/mol. The van der Waals surface area contributed by atoms with Crippen LogP contribution in [0.3, 0.4) is 0 Å². The third-order valence-electron chi connectivity index (χ3n) is 6.08. The lowest BCUT2D eigenvalue weighted by Crippen LogP contribution is -2.61. The van der Waals surface area contributed by atoms with Gasteiger partial charge in [-0.25, -0.2) is 0 Å². The maximum absolute atomic E-state index is 10.4. The van der Waals surface area contributed by atoms with E-state index < -0.39 is 0 Å². The zero-order valence-corrected chi connectivity index (χ0v) is 17.6. The summed E-state index contributed by atoms with van der Waals surface area (Å²) in [5.41, 5.74) is 2.08. The Bertz CT molecular complexity index is 683. The lowest BCUT2D eigenvalue weighted by Gasteiger charge is -2.53. The second-order valence-corrected chi connectivity index (χ2v) is 7.67. The molecule has 3 rings (SSSR count). The maximum atomic E-state index is 10.4. The van der Waals surface area contributed by atoms with Crippen molar-refractivity contribution in [3.63, 3.8) is 0 Å². The molecule has 2 saturated heterocycles. The van der Waals surface area contributed by atoms with Crippen molar-refractivity contribution in [1.82, 2.24) is 14.8 Å². The molecule has 1 aromatic heterocycles. The standard InChI is InChI=1S/C18H29N3O3.2CH2O2/c1-13-17(24)15(14(11-22)8-19-13)9-21-7-5-18(12-23)4-3-6-20(2)16(18)10-21;2*2-1-3/h8,16,22-24H,3-7,9-12H2,1-2H3;2*1H,(H,2,3)/t16-,18-;;/m1../s1. The highest BCUT2D eigenvalue weighted by Crippen LogP contribution is 2.42. The van der Waals surface area contributed by atoms with Gasteiger partial charge >= 0.3 is 0 Å². The molecule has 30 heavy (non-hydrogen) atoms. The van der Waals surface area contributed by atoms with Gasteiger partial charge in [-0.2, -0.15) is 0 Å². The van der Waals surface area contributed by atoms with E-state index in [1.165, 1.54) is 0 Å². The second-order valence-electron chi connectivity index (χ2n) is 7.67. The third-order valence-corrected chi connectivity index (χ3v) is 6.08. The fourth-order valence-electron chi connectivity index (χ4n) is 4.44. The van der Waals surface area contributed by atoms with E-state index in [0.717, 1.165) is 44.5 Å². The smallest absolute Gasteiger partial charge is 0.290 e. The molecule has 0 bridgehead atoms. The summed E-state index contributed by atoms with van der Waals surface area (Å²) >= 11 is 0. The van der Waals surface area contributed by atoms with Gasteiger partial charge in [0.05, 0.1) is 18.9 Å². The first-order valence-corrected chi connectivity index (χ1v) is 9.80. The molecule has 2 aliphatic heterocycles. The Morgan fingerprint density at radius 2 is 1.83 bits per heavy atom. The van der Waals surface area contributed by atoms with E-state index in [1.54, 1.807) is 13.1 Å². The molecule has 3 heterocycles. The number of aliphatic hydroxyl groups excluding tert-OH is 2. The Balaban J connectivity index is 0.000000672. The molecule has 0 aromatic carbocycles. The summed E-state index contributed by atoms with van der Waals surface area (Å²) in [6, 6.07) is 0.340. The number of likely N-dealkylation sites (N-methyl/N-ethyl adjacent to an activating group) is 1. The first-order chi connectivity index (χ1) is 14.3. The molecule has 5 N–H and O–H groups in total. The van der Waals surface area contributed by atoms with E-state index in [-0.39, 0.29) is 37.3 Å². The van der Waals surface area contributed by atoms with Crippen LogP contribution >= 0.6 is 0 Å². The molecule has 0 radical (unpaired) electrons. The van der Waals surface area contributed by atoms with Crippen LogP contribution in [0.5, 0.6) is 5.75 Å². The van der Waals surface area contributed by atoms with Crippen LogP contribution in [0.15, 0.2) is 6.20 Å². The Kier molecular flexibility index (Phi) is 10.7. The van der Waals surface area contributed by atoms with Crippen molar-refractivity contribution < 1.29 is 35.1 Å². The number of likely N-dealkylation sites (tertiary alicyclic amines) is 2. The maximum Gasteiger partial charge on any atom is 0.290 e. The number of aryl methyl sites for hydroxylation is 1. The van der Waals surface area contributed by atoms with Gasteiger partial charge in [-0.15, -0.1) is 0 Å². The van der Waals surface area contributed by atoms with Crippen molar-refractivity contribution in [2.75, 3.05) is 33.3 Å². The molecule has 0 spiro atoms. The second kappa shape index (κ2) is 12.4. The van der Waals surface area contributed by atoms with Gasteiger partial charge < -0.3 is 30.4 Å². The number of carboxylic acid groups (broad SMARTS) is 2. The van der Waals surface area contributed by atoms with Gasteiger partial charge in [-0.05, 0) is 46.3 Å². The Morgan fingerprint density at radius 1 is 1.20 bits per heavy atom. The summed E-state index contributed by atoms with van der Waals surface area (Å²) in [5.74, 6) is 0.192. The predicted molar refractivity (Wildman–Crippen MR) is 109 cm³/mol. The van der Waals surface area contributed by atoms with Crippen LogP contribution in [0.25, 0.3) is 0 Å². The summed E-state index contributed by atoms with van der Waals surface area (Å²) in [4.78, 5) is 25.6. The number of pyridine rings is 1. The molecule has 0 unspecified atom stereocenters. The summed E-state index contributed by atoms with van der Waals surface area (Å²) in [7, 11) is 2.14. The first-order valence-electron chi connectivity index (χ1n) is 9.80. The van der Waals surface area contributed by atoms with Gasteiger partial charge in [0.25, 0.3) is 12.9 Å². The van der Waals surface area contributed by atoms with Crippen molar-refractivity contribution in [3.05, 3.63) is 23.0 Å². The third kappa shape index (κ3) is 6.11. The summed E-state index contributed by atoms with van der Waals surface area (Å²) in [6.07, 6.45) is 4.86. The molecular formula is C20H33N3O7. The van der Waals surface area contributed by atoms with Crippen molar-refractivity contribution >= 4 is 12.9 Å². The minimum Gasteiger partial charge on any atom is -0.506 e. The van der Waals surface area contributed by atoms with Crippen molar-refractivity contribution in [3.8, 4) is 5.75 Å². The average molecular weight is 427 g/mol. The molecule has 2 fully saturated rings. The number of rotatable bonds is 4. The Morgan fingerprint density at radius 3 is 2.40 bits per heavy atom. The topological polar surface area (TPSA) is 155 Å². The minimum absolute atomic E-state index is 0.0134. The molecule has 10 nitrogen and oxygen atoms in total. The number of aromatic nitrogens is 1. The highest BCUT2D eigenvalue weighted by atomic mass is 16.3. The van der Waals surface area contributed by atoms with Crippen LogP contribution in [-0.2, 0) is 22.7 Å². The van der Waals surface area contributed by atoms with Gasteiger partial charge in [-0.3, -0.25) is 19.5 Å². The number of aliphatic hydroxyl groups is 2. The van der Waals surface area contributed by atoms with E-state index in [2.05, 4.69) is 21.8 Å². The lowest BCUT2D eigenvalue weighted by atomic mass is 9.69. The minimum atomic E-state index is -0.250. The number of aromatic hydroxyl groups is 1. The number of hydrogen-bond acceptors (Lipinski definition) is 8. The highest BCUT2D eigenvalue weighted by Gasteiger charge is 2.46. The van der Waals surface area contributed by atoms with Crippen LogP contribution in [0.2, 0.25) is 0 Å². The van der Waals surface area contributed by atoms with E-state index in [9.17, 15) is 15.3 Å². The Labute approximate surface area is 176 Å².